The van der Waals surface area contributed by atoms with E-state index in [1.54, 1.807) is 38.1 Å². The predicted octanol–water partition coefficient (Wildman–Crippen LogP) is 1.71. The van der Waals surface area contributed by atoms with E-state index >= 15 is 0 Å². The number of carbonyl (C=O) groups excluding carboxylic acids is 2. The number of carboxylic acid groups (broad SMARTS) is 1. The molecule has 0 fully saturated rings. The van der Waals surface area contributed by atoms with Gasteiger partial charge in [-0.3, -0.25) is 4.79 Å². The monoisotopic (exact) mass is 305 g/mol. The fraction of sp³-hybridized carbons (Fsp3) is 0.312. The zero-order valence-corrected chi connectivity index (χ0v) is 12.7. The Balaban J connectivity index is 2.69. The van der Waals surface area contributed by atoms with E-state index in [0.29, 0.717) is 11.1 Å². The van der Waals surface area contributed by atoms with Crippen LogP contribution < -0.4 is 5.32 Å². The van der Waals surface area contributed by atoms with Gasteiger partial charge >= 0.3 is 11.9 Å². The number of hydrogen-bond donors (Lipinski definition) is 2. The molecule has 0 spiro atoms. The van der Waals surface area contributed by atoms with E-state index in [-0.39, 0.29) is 5.92 Å². The third-order valence-corrected chi connectivity index (χ3v) is 2.99. The van der Waals surface area contributed by atoms with Gasteiger partial charge in [0, 0.05) is 6.08 Å². The molecule has 0 aromatic heterocycles. The Hall–Kier alpha value is -2.63. The van der Waals surface area contributed by atoms with Crippen LogP contribution in [0, 0.1) is 5.92 Å². The molecule has 118 valence electrons. The van der Waals surface area contributed by atoms with E-state index in [4.69, 9.17) is 5.11 Å². The molecule has 6 nitrogen and oxygen atoms in total. The molecule has 22 heavy (non-hydrogen) atoms. The number of amides is 1. The van der Waals surface area contributed by atoms with E-state index in [1.807, 2.05) is 0 Å². The number of benzene rings is 1. The lowest BCUT2D eigenvalue weighted by Gasteiger charge is -2.16. The van der Waals surface area contributed by atoms with Gasteiger partial charge in [0.15, 0.2) is 0 Å². The zero-order chi connectivity index (χ0) is 16.7. The molecule has 1 aromatic carbocycles. The maximum absolute atomic E-state index is 11.7. The van der Waals surface area contributed by atoms with Gasteiger partial charge in [0.2, 0.25) is 5.91 Å². The van der Waals surface area contributed by atoms with Gasteiger partial charge in [0.25, 0.3) is 0 Å². The second-order valence-electron chi connectivity index (χ2n) is 5.02. The summed E-state index contributed by atoms with van der Waals surface area (Å²) in [5, 5.41) is 11.4. The summed E-state index contributed by atoms with van der Waals surface area (Å²) in [5.74, 6) is -2.21. The summed E-state index contributed by atoms with van der Waals surface area (Å²) in [6.45, 7) is 3.43. The molecule has 0 aliphatic heterocycles. The van der Waals surface area contributed by atoms with Crippen LogP contribution in [0.4, 0.5) is 0 Å². The largest absolute Gasteiger partial charge is 0.480 e. The van der Waals surface area contributed by atoms with E-state index in [2.05, 4.69) is 10.1 Å². The highest BCUT2D eigenvalue weighted by Gasteiger charge is 2.22. The van der Waals surface area contributed by atoms with E-state index in [0.717, 1.165) is 0 Å². The van der Waals surface area contributed by atoms with Gasteiger partial charge in [-0.05, 0) is 29.7 Å². The molecule has 0 bridgehead atoms. The first-order valence-corrected chi connectivity index (χ1v) is 6.75. The smallest absolute Gasteiger partial charge is 0.337 e. The molecule has 0 aliphatic carbocycles. The lowest BCUT2D eigenvalue weighted by molar-refractivity contribution is -0.142. The molecule has 0 radical (unpaired) electrons. The number of methoxy groups -OCH3 is 1. The molecule has 0 heterocycles. The van der Waals surface area contributed by atoms with Crippen LogP contribution in [0.3, 0.4) is 0 Å². The average Bonchev–Trinajstić information content (AvgIpc) is 2.49. The van der Waals surface area contributed by atoms with Crippen LogP contribution in [0.25, 0.3) is 6.08 Å². The van der Waals surface area contributed by atoms with Crippen molar-refractivity contribution in [2.24, 2.45) is 5.92 Å². The minimum atomic E-state index is -1.07. The van der Waals surface area contributed by atoms with Crippen molar-refractivity contribution in [1.82, 2.24) is 5.32 Å². The summed E-state index contributed by atoms with van der Waals surface area (Å²) in [6, 6.07) is 5.55. The maximum Gasteiger partial charge on any atom is 0.337 e. The van der Waals surface area contributed by atoms with Crippen LogP contribution in [0.15, 0.2) is 30.3 Å². The number of aliphatic carboxylic acids is 1. The van der Waals surface area contributed by atoms with Crippen molar-refractivity contribution >= 4 is 23.9 Å². The SMILES string of the molecule is COC(=O)c1ccc(/C=C/C(=O)NC(C(=O)O)C(C)C)cc1. The summed E-state index contributed by atoms with van der Waals surface area (Å²) in [7, 11) is 1.30. The Bertz CT molecular complexity index is 575. The average molecular weight is 305 g/mol. The lowest BCUT2D eigenvalue weighted by Crippen LogP contribution is -2.43. The van der Waals surface area contributed by atoms with E-state index in [1.165, 1.54) is 19.3 Å². The fourth-order valence-corrected chi connectivity index (χ4v) is 1.74. The molecule has 1 aromatic rings. The quantitative estimate of drug-likeness (QED) is 0.616. The van der Waals surface area contributed by atoms with Crippen LogP contribution in [0.5, 0.6) is 0 Å². The van der Waals surface area contributed by atoms with Crippen molar-refractivity contribution in [2.45, 2.75) is 19.9 Å². The molecule has 0 saturated carbocycles. The normalized spacial score (nSPS) is 12.2. The first-order valence-electron chi connectivity index (χ1n) is 6.75. The van der Waals surface area contributed by atoms with Crippen LogP contribution in [0.1, 0.15) is 29.8 Å². The summed E-state index contributed by atoms with van der Waals surface area (Å²) in [4.78, 5) is 34.0. The van der Waals surface area contributed by atoms with Crippen molar-refractivity contribution in [3.8, 4) is 0 Å². The van der Waals surface area contributed by atoms with Gasteiger partial charge in [0.1, 0.15) is 6.04 Å². The standard InChI is InChI=1S/C16H19NO5/c1-10(2)14(15(19)20)17-13(18)9-6-11-4-7-12(8-5-11)16(21)22-3/h4-10,14H,1-3H3,(H,17,18)(H,19,20)/b9-6+. The Kier molecular flexibility index (Phi) is 6.31. The third-order valence-electron chi connectivity index (χ3n) is 2.99. The van der Waals surface area contributed by atoms with E-state index < -0.39 is 23.9 Å². The summed E-state index contributed by atoms with van der Waals surface area (Å²) in [6.07, 6.45) is 2.79. The molecule has 1 atom stereocenters. The van der Waals surface area contributed by atoms with Gasteiger partial charge in [-0.25, -0.2) is 9.59 Å². The van der Waals surface area contributed by atoms with Crippen molar-refractivity contribution in [3.63, 3.8) is 0 Å². The highest BCUT2D eigenvalue weighted by molar-refractivity contribution is 5.94. The first kappa shape index (κ1) is 17.4. The highest BCUT2D eigenvalue weighted by Crippen LogP contribution is 2.07. The topological polar surface area (TPSA) is 92.7 Å². The minimum Gasteiger partial charge on any atom is -0.480 e. The number of carboxylic acids is 1. The Morgan fingerprint density at radius 3 is 2.23 bits per heavy atom. The molecule has 6 heteroatoms. The second-order valence-corrected chi connectivity index (χ2v) is 5.02. The first-order chi connectivity index (χ1) is 10.3. The molecule has 1 rings (SSSR count). The Morgan fingerprint density at radius 1 is 1.18 bits per heavy atom. The lowest BCUT2D eigenvalue weighted by atomic mass is 10.0. The number of ether oxygens (including phenoxy) is 1. The van der Waals surface area contributed by atoms with Gasteiger partial charge in [-0.15, -0.1) is 0 Å². The van der Waals surface area contributed by atoms with Crippen molar-refractivity contribution in [3.05, 3.63) is 41.5 Å². The number of hydrogen-bond acceptors (Lipinski definition) is 4. The highest BCUT2D eigenvalue weighted by atomic mass is 16.5. The summed E-state index contributed by atoms with van der Waals surface area (Å²) in [5.41, 5.74) is 1.12. The van der Waals surface area contributed by atoms with Crippen LogP contribution >= 0.6 is 0 Å². The fourth-order valence-electron chi connectivity index (χ4n) is 1.74. The van der Waals surface area contributed by atoms with Gasteiger partial charge in [0.05, 0.1) is 12.7 Å². The predicted molar refractivity (Wildman–Crippen MR) is 81.2 cm³/mol. The number of nitrogens with one attached hydrogen (secondary N) is 1. The van der Waals surface area contributed by atoms with E-state index in [9.17, 15) is 14.4 Å². The molecule has 2 N–H and O–H groups in total. The third kappa shape index (κ3) is 5.05. The summed E-state index contributed by atoms with van der Waals surface area (Å²) >= 11 is 0. The molecule has 0 aliphatic rings. The molecular formula is C16H19NO5. The van der Waals surface area contributed by atoms with Crippen molar-refractivity contribution in [1.29, 1.82) is 0 Å². The van der Waals surface area contributed by atoms with Gasteiger partial charge < -0.3 is 15.2 Å². The molecule has 1 unspecified atom stereocenters. The second kappa shape index (κ2) is 7.97. The Labute approximate surface area is 128 Å². The Morgan fingerprint density at radius 2 is 1.77 bits per heavy atom. The van der Waals surface area contributed by atoms with Gasteiger partial charge in [-0.2, -0.15) is 0 Å². The van der Waals surface area contributed by atoms with Crippen molar-refractivity contribution in [2.75, 3.05) is 7.11 Å². The molecule has 1 amide bonds. The minimum absolute atomic E-state index is 0.214. The summed E-state index contributed by atoms with van der Waals surface area (Å²) < 4.78 is 4.59. The number of rotatable bonds is 6. The van der Waals surface area contributed by atoms with Crippen LogP contribution in [0.2, 0.25) is 0 Å². The van der Waals surface area contributed by atoms with Crippen LogP contribution in [-0.2, 0) is 14.3 Å². The van der Waals surface area contributed by atoms with Crippen molar-refractivity contribution < 1.29 is 24.2 Å². The van der Waals surface area contributed by atoms with Gasteiger partial charge in [-0.1, -0.05) is 26.0 Å². The number of esters is 1. The maximum atomic E-state index is 11.7. The van der Waals surface area contributed by atoms with Crippen LogP contribution in [-0.4, -0.2) is 36.1 Å². The molecular weight excluding hydrogens is 286 g/mol. The molecule has 0 saturated heterocycles. The zero-order valence-electron chi connectivity index (χ0n) is 12.7. The number of carbonyl (C=O) groups is 3.